The highest BCUT2D eigenvalue weighted by molar-refractivity contribution is 5.96. The van der Waals surface area contributed by atoms with E-state index in [1.165, 1.54) is 12.8 Å². The van der Waals surface area contributed by atoms with Crippen LogP contribution in [0.2, 0.25) is 0 Å². The number of hydrogen-bond donors (Lipinski definition) is 0. The van der Waals surface area contributed by atoms with Crippen LogP contribution in [0.25, 0.3) is 0 Å². The van der Waals surface area contributed by atoms with Crippen molar-refractivity contribution < 1.29 is 4.79 Å². The van der Waals surface area contributed by atoms with Crippen LogP contribution in [-0.4, -0.2) is 20.8 Å². The molecular formula is C11H17N3O. The van der Waals surface area contributed by atoms with Crippen molar-refractivity contribution in [3.63, 3.8) is 0 Å². The van der Waals surface area contributed by atoms with E-state index in [1.54, 1.807) is 17.9 Å². The Bertz CT molecular complexity index is 358. The van der Waals surface area contributed by atoms with Gasteiger partial charge in [-0.1, -0.05) is 18.6 Å². The second kappa shape index (κ2) is 4.13. The molecule has 0 aromatic carbocycles. The van der Waals surface area contributed by atoms with Gasteiger partial charge in [-0.05, 0) is 25.2 Å². The van der Waals surface area contributed by atoms with Gasteiger partial charge in [0.25, 0.3) is 0 Å². The Morgan fingerprint density at radius 3 is 2.93 bits per heavy atom. The van der Waals surface area contributed by atoms with E-state index in [9.17, 15) is 4.79 Å². The molecule has 4 nitrogen and oxygen atoms in total. The summed E-state index contributed by atoms with van der Waals surface area (Å²) in [7, 11) is 1.77. The molecule has 0 aliphatic heterocycles. The maximum atomic E-state index is 12.1. The van der Waals surface area contributed by atoms with Crippen molar-refractivity contribution in [1.29, 1.82) is 0 Å². The maximum Gasteiger partial charge on any atom is 0.185 e. The predicted molar refractivity (Wildman–Crippen MR) is 56.5 cm³/mol. The summed E-state index contributed by atoms with van der Waals surface area (Å²) in [4.78, 5) is 12.1. The number of ketones is 1. The number of carbonyl (C=O) groups excluding carboxylic acids is 1. The van der Waals surface area contributed by atoms with Gasteiger partial charge in [-0.25, -0.2) is 4.68 Å². The van der Waals surface area contributed by atoms with Gasteiger partial charge in [-0.3, -0.25) is 4.79 Å². The van der Waals surface area contributed by atoms with E-state index < -0.39 is 0 Å². The summed E-state index contributed by atoms with van der Waals surface area (Å²) in [5.41, 5.74) is 0.650. The normalized spacial score (nSPS) is 25.7. The van der Waals surface area contributed by atoms with E-state index in [2.05, 4.69) is 17.2 Å². The van der Waals surface area contributed by atoms with Crippen molar-refractivity contribution >= 4 is 5.78 Å². The fourth-order valence-corrected chi connectivity index (χ4v) is 2.41. The predicted octanol–water partition coefficient (Wildman–Crippen LogP) is 1.82. The molecule has 2 atom stereocenters. The molecule has 1 aliphatic carbocycles. The largest absolute Gasteiger partial charge is 0.292 e. The maximum absolute atomic E-state index is 12.1. The van der Waals surface area contributed by atoms with Crippen LogP contribution in [0.3, 0.4) is 0 Å². The monoisotopic (exact) mass is 207 g/mol. The molecule has 4 heteroatoms. The summed E-state index contributed by atoms with van der Waals surface area (Å²) < 4.78 is 1.57. The third-order valence-electron chi connectivity index (χ3n) is 3.46. The van der Waals surface area contributed by atoms with E-state index in [1.807, 2.05) is 0 Å². The number of rotatable bonds is 3. The summed E-state index contributed by atoms with van der Waals surface area (Å²) in [6.45, 7) is 2.20. The van der Waals surface area contributed by atoms with Crippen molar-refractivity contribution in [2.75, 3.05) is 0 Å². The van der Waals surface area contributed by atoms with Gasteiger partial charge in [0.15, 0.2) is 5.78 Å². The minimum atomic E-state index is 0.201. The molecule has 0 bridgehead atoms. The first-order valence-electron chi connectivity index (χ1n) is 5.61. The fourth-order valence-electron chi connectivity index (χ4n) is 2.41. The van der Waals surface area contributed by atoms with Crippen LogP contribution in [-0.2, 0) is 7.05 Å². The number of aromatic nitrogens is 3. The minimum absolute atomic E-state index is 0.201. The Hall–Kier alpha value is -1.19. The lowest BCUT2D eigenvalue weighted by Crippen LogP contribution is -2.15. The Kier molecular flexibility index (Phi) is 2.84. The van der Waals surface area contributed by atoms with Crippen LogP contribution in [0, 0.1) is 11.8 Å². The molecule has 1 aromatic rings. The summed E-state index contributed by atoms with van der Waals surface area (Å²) in [5.74, 6) is 1.16. The molecule has 82 valence electrons. The molecule has 0 radical (unpaired) electrons. The lowest BCUT2D eigenvalue weighted by atomic mass is 9.98. The van der Waals surface area contributed by atoms with Gasteiger partial charge in [0.05, 0.1) is 6.20 Å². The average Bonchev–Trinajstić information content (AvgIpc) is 2.84. The van der Waals surface area contributed by atoms with Crippen molar-refractivity contribution in [2.45, 2.75) is 32.6 Å². The Balaban J connectivity index is 2.07. The third-order valence-corrected chi connectivity index (χ3v) is 3.46. The molecule has 2 unspecified atom stereocenters. The van der Waals surface area contributed by atoms with Gasteiger partial charge < -0.3 is 0 Å². The van der Waals surface area contributed by atoms with Gasteiger partial charge in [0.1, 0.15) is 5.69 Å². The molecule has 1 aromatic heterocycles. The molecule has 0 amide bonds. The zero-order valence-electron chi connectivity index (χ0n) is 9.31. The smallest absolute Gasteiger partial charge is 0.185 e. The van der Waals surface area contributed by atoms with Crippen molar-refractivity contribution in [2.24, 2.45) is 18.9 Å². The Morgan fingerprint density at radius 1 is 1.60 bits per heavy atom. The van der Waals surface area contributed by atoms with Gasteiger partial charge in [-0.15, -0.1) is 5.10 Å². The molecule has 0 N–H and O–H groups in total. The minimum Gasteiger partial charge on any atom is -0.292 e. The Morgan fingerprint density at radius 2 is 2.40 bits per heavy atom. The number of Topliss-reactive ketones (excluding diaryl/α,β-unsaturated/α-hetero) is 1. The first-order chi connectivity index (χ1) is 7.22. The van der Waals surface area contributed by atoms with Crippen molar-refractivity contribution in [1.82, 2.24) is 15.0 Å². The summed E-state index contributed by atoms with van der Waals surface area (Å²) >= 11 is 0. The molecule has 1 fully saturated rings. The van der Waals surface area contributed by atoms with E-state index in [-0.39, 0.29) is 11.7 Å². The summed E-state index contributed by atoms with van der Waals surface area (Å²) in [6.07, 6.45) is 6.02. The highest BCUT2D eigenvalue weighted by Crippen LogP contribution is 2.34. The highest BCUT2D eigenvalue weighted by Gasteiger charge is 2.30. The van der Waals surface area contributed by atoms with Crippen LogP contribution in [0.15, 0.2) is 6.20 Å². The molecule has 0 saturated heterocycles. The molecule has 1 aliphatic rings. The summed E-state index contributed by atoms with van der Waals surface area (Å²) in [5, 5.41) is 7.54. The molecule has 2 rings (SSSR count). The highest BCUT2D eigenvalue weighted by atomic mass is 16.1. The molecule has 0 spiro atoms. The van der Waals surface area contributed by atoms with Gasteiger partial charge >= 0.3 is 0 Å². The Labute approximate surface area is 89.7 Å². The third kappa shape index (κ3) is 1.94. The number of nitrogens with zero attached hydrogens (tertiary/aromatic N) is 3. The van der Waals surface area contributed by atoms with Crippen LogP contribution < -0.4 is 0 Å². The lowest BCUT2D eigenvalue weighted by molar-refractivity contribution is 0.0910. The number of aryl methyl sites for hydroxylation is 1. The van der Waals surface area contributed by atoms with Gasteiger partial charge in [-0.2, -0.15) is 0 Å². The second-order valence-electron chi connectivity index (χ2n) is 4.39. The van der Waals surface area contributed by atoms with E-state index >= 15 is 0 Å². The molecule has 15 heavy (non-hydrogen) atoms. The first kappa shape index (κ1) is 10.3. The second-order valence-corrected chi connectivity index (χ2v) is 4.39. The zero-order valence-corrected chi connectivity index (χ0v) is 9.31. The van der Waals surface area contributed by atoms with E-state index in [0.717, 1.165) is 18.8 Å². The van der Waals surface area contributed by atoms with Crippen molar-refractivity contribution in [3.05, 3.63) is 11.9 Å². The quantitative estimate of drug-likeness (QED) is 0.710. The summed E-state index contributed by atoms with van der Waals surface area (Å²) in [6, 6.07) is 0. The topological polar surface area (TPSA) is 47.8 Å². The standard InChI is InChI=1S/C11H17N3O/c1-3-8-4-5-9(6-8)11(15)10-7-12-13-14(10)2/h7-9H,3-6H2,1-2H3. The average molecular weight is 207 g/mol. The van der Waals surface area contributed by atoms with Crippen molar-refractivity contribution in [3.8, 4) is 0 Å². The van der Waals surface area contributed by atoms with Gasteiger partial charge in [0, 0.05) is 13.0 Å². The number of carbonyl (C=O) groups is 1. The van der Waals surface area contributed by atoms with Crippen LogP contribution >= 0.6 is 0 Å². The van der Waals surface area contributed by atoms with Crippen LogP contribution in [0.1, 0.15) is 43.1 Å². The van der Waals surface area contributed by atoms with Crippen LogP contribution in [0.4, 0.5) is 0 Å². The number of hydrogen-bond acceptors (Lipinski definition) is 3. The van der Waals surface area contributed by atoms with Crippen LogP contribution in [0.5, 0.6) is 0 Å². The SMILES string of the molecule is CCC1CCC(C(=O)c2cnnn2C)C1. The first-order valence-corrected chi connectivity index (χ1v) is 5.61. The lowest BCUT2D eigenvalue weighted by Gasteiger charge is -2.08. The van der Waals surface area contributed by atoms with E-state index in [0.29, 0.717) is 5.69 Å². The molecular weight excluding hydrogens is 190 g/mol. The van der Waals surface area contributed by atoms with E-state index in [4.69, 9.17) is 0 Å². The molecule has 1 heterocycles. The molecule has 1 saturated carbocycles. The van der Waals surface area contributed by atoms with Gasteiger partial charge in [0.2, 0.25) is 0 Å². The zero-order chi connectivity index (χ0) is 10.8. The fraction of sp³-hybridized carbons (Fsp3) is 0.727.